The normalized spacial score (nSPS) is 20.4. The fraction of sp³-hybridized carbons (Fsp3) is 0.353. The minimum atomic E-state index is -1.52. The molecule has 0 bridgehead atoms. The van der Waals surface area contributed by atoms with Crippen LogP contribution in [0.15, 0.2) is 29.8 Å². The van der Waals surface area contributed by atoms with Crippen LogP contribution in [0, 0.1) is 22.4 Å². The molecule has 122 valence electrons. The number of nitrogens with two attached hydrogens (primary N) is 1. The van der Waals surface area contributed by atoms with Gasteiger partial charge in [-0.1, -0.05) is 12.0 Å². The lowest BCUT2D eigenvalue weighted by atomic mass is 9.78. The zero-order chi connectivity index (χ0) is 17.2. The van der Waals surface area contributed by atoms with Gasteiger partial charge in [0.05, 0.1) is 5.54 Å². The van der Waals surface area contributed by atoms with Crippen LogP contribution in [0.1, 0.15) is 25.3 Å². The third-order valence-electron chi connectivity index (χ3n) is 4.20. The first-order valence-electron chi connectivity index (χ1n) is 7.12. The Bertz CT molecular complexity index is 723. The molecule has 3 nitrogen and oxygen atoms in total. The average Bonchev–Trinajstić information content (AvgIpc) is 2.52. The van der Waals surface area contributed by atoms with Crippen LogP contribution in [0.2, 0.25) is 0 Å². The first-order valence-corrected chi connectivity index (χ1v) is 7.91. The average molecular weight is 383 g/mol. The Labute approximate surface area is 142 Å². The fourth-order valence-corrected chi connectivity index (χ4v) is 2.78. The number of benzene rings is 1. The summed E-state index contributed by atoms with van der Waals surface area (Å²) in [6.45, 7) is 1.91. The van der Waals surface area contributed by atoms with Gasteiger partial charge in [0.25, 0.3) is 5.91 Å². The van der Waals surface area contributed by atoms with E-state index in [4.69, 9.17) is 5.73 Å². The van der Waals surface area contributed by atoms with Crippen LogP contribution in [0.3, 0.4) is 0 Å². The Morgan fingerprint density at radius 2 is 2.17 bits per heavy atom. The van der Waals surface area contributed by atoms with Crippen molar-refractivity contribution in [2.45, 2.75) is 31.3 Å². The number of amides is 1. The van der Waals surface area contributed by atoms with Crippen molar-refractivity contribution in [1.29, 1.82) is 0 Å². The zero-order valence-corrected chi connectivity index (χ0v) is 14.5. The van der Waals surface area contributed by atoms with Gasteiger partial charge < -0.3 is 10.6 Å². The van der Waals surface area contributed by atoms with E-state index in [2.05, 4.69) is 26.7 Å². The molecule has 2 rings (SSSR count). The van der Waals surface area contributed by atoms with Crippen molar-refractivity contribution in [3.8, 4) is 10.8 Å². The summed E-state index contributed by atoms with van der Waals surface area (Å²) in [5.41, 5.74) is 5.05. The molecule has 0 aromatic heterocycles. The van der Waals surface area contributed by atoms with Crippen LogP contribution < -0.4 is 5.73 Å². The molecule has 1 aromatic rings. The van der Waals surface area contributed by atoms with Gasteiger partial charge in [-0.3, -0.25) is 4.79 Å². The van der Waals surface area contributed by atoms with Crippen LogP contribution in [0.4, 0.5) is 8.78 Å². The van der Waals surface area contributed by atoms with Gasteiger partial charge in [0.15, 0.2) is 0 Å². The molecule has 1 aliphatic heterocycles. The molecule has 0 saturated heterocycles. The minimum Gasteiger partial charge on any atom is -0.339 e. The highest BCUT2D eigenvalue weighted by Gasteiger charge is 2.41. The van der Waals surface area contributed by atoms with Gasteiger partial charge in [-0.25, -0.2) is 8.78 Å². The van der Waals surface area contributed by atoms with E-state index in [-0.39, 0.29) is 29.5 Å². The molecular formula is C17H17BrF2N2O. The van der Waals surface area contributed by atoms with Crippen LogP contribution in [0.25, 0.3) is 0 Å². The molecule has 1 aliphatic rings. The van der Waals surface area contributed by atoms with Gasteiger partial charge in [-0.05, 0) is 36.4 Å². The third kappa shape index (κ3) is 3.31. The summed E-state index contributed by atoms with van der Waals surface area (Å²) in [6, 6.07) is 3.07. The van der Waals surface area contributed by atoms with Gasteiger partial charge in [-0.2, -0.15) is 0 Å². The summed E-state index contributed by atoms with van der Waals surface area (Å²) in [5.74, 6) is 1.14. The summed E-state index contributed by atoms with van der Waals surface area (Å²) in [6.07, 6.45) is 2.28. The van der Waals surface area contributed by atoms with E-state index in [0.717, 1.165) is 18.2 Å². The van der Waals surface area contributed by atoms with Gasteiger partial charge in [0.2, 0.25) is 0 Å². The largest absolute Gasteiger partial charge is 0.339 e. The number of carbonyl (C=O) groups is 1. The number of halogens is 3. The maximum atomic E-state index is 14.3. The molecule has 2 atom stereocenters. The molecular weight excluding hydrogens is 366 g/mol. The highest BCUT2D eigenvalue weighted by atomic mass is 79.9. The Kier molecular flexibility index (Phi) is 5.23. The van der Waals surface area contributed by atoms with E-state index in [0.29, 0.717) is 6.42 Å². The minimum absolute atomic E-state index is 0.0155. The molecule has 0 radical (unpaired) electrons. The lowest BCUT2D eigenvalue weighted by Gasteiger charge is -2.37. The number of rotatable bonds is 3. The van der Waals surface area contributed by atoms with Gasteiger partial charge in [0, 0.05) is 46.6 Å². The molecule has 1 heterocycles. The second kappa shape index (κ2) is 6.81. The van der Waals surface area contributed by atoms with E-state index >= 15 is 0 Å². The monoisotopic (exact) mass is 382 g/mol. The maximum Gasteiger partial charge on any atom is 0.251 e. The molecule has 0 aliphatic carbocycles. The number of nitrogens with zero attached hydrogens (tertiary/aromatic N) is 1. The highest BCUT2D eigenvalue weighted by molar-refractivity contribution is 9.12. The molecule has 6 heteroatoms. The quantitative estimate of drug-likeness (QED) is 0.816. The Hall–Kier alpha value is -1.71. The van der Waals surface area contributed by atoms with Crippen molar-refractivity contribution in [1.82, 2.24) is 4.90 Å². The van der Waals surface area contributed by atoms with E-state index in [9.17, 15) is 13.6 Å². The van der Waals surface area contributed by atoms with E-state index in [1.807, 2.05) is 6.92 Å². The van der Waals surface area contributed by atoms with Crippen LogP contribution in [-0.4, -0.2) is 23.9 Å². The van der Waals surface area contributed by atoms with Crippen molar-refractivity contribution in [3.05, 3.63) is 47.0 Å². The predicted molar refractivity (Wildman–Crippen MR) is 88.5 cm³/mol. The Morgan fingerprint density at radius 1 is 1.48 bits per heavy atom. The first-order chi connectivity index (χ1) is 10.8. The fourth-order valence-electron chi connectivity index (χ4n) is 2.64. The van der Waals surface area contributed by atoms with E-state index < -0.39 is 17.2 Å². The predicted octanol–water partition coefficient (Wildman–Crippen LogP) is 3.04. The maximum absolute atomic E-state index is 14.3. The van der Waals surface area contributed by atoms with Crippen LogP contribution in [-0.2, 0) is 10.3 Å². The lowest BCUT2D eigenvalue weighted by Crippen LogP contribution is -2.49. The first kappa shape index (κ1) is 17.6. The van der Waals surface area contributed by atoms with E-state index in [1.165, 1.54) is 0 Å². The van der Waals surface area contributed by atoms with Crippen LogP contribution in [0.5, 0.6) is 0 Å². The van der Waals surface area contributed by atoms with Crippen molar-refractivity contribution in [3.63, 3.8) is 0 Å². The second-order valence-corrected chi connectivity index (χ2v) is 6.06. The van der Waals surface area contributed by atoms with E-state index in [1.54, 1.807) is 18.0 Å². The van der Waals surface area contributed by atoms with Crippen molar-refractivity contribution >= 4 is 21.8 Å². The summed E-state index contributed by atoms with van der Waals surface area (Å²) in [5, 5.41) is 0. The SMILES string of the molecule is CC1CC=C(C(N)(CC#CBr)c2cc(F)ccc2F)C(=O)N1C. The van der Waals surface area contributed by atoms with Gasteiger partial charge >= 0.3 is 0 Å². The van der Waals surface area contributed by atoms with Gasteiger partial charge in [-0.15, -0.1) is 0 Å². The molecule has 2 N–H and O–H groups in total. The molecule has 0 spiro atoms. The van der Waals surface area contributed by atoms with Crippen molar-refractivity contribution in [2.75, 3.05) is 7.05 Å². The van der Waals surface area contributed by atoms with Crippen LogP contribution >= 0.6 is 15.9 Å². The smallest absolute Gasteiger partial charge is 0.251 e. The number of hydrogen-bond acceptors (Lipinski definition) is 2. The molecule has 23 heavy (non-hydrogen) atoms. The molecule has 2 unspecified atom stereocenters. The van der Waals surface area contributed by atoms with Crippen molar-refractivity contribution in [2.24, 2.45) is 5.73 Å². The lowest BCUT2D eigenvalue weighted by molar-refractivity contribution is -0.129. The Balaban J connectivity index is 2.62. The molecule has 0 fully saturated rings. The Morgan fingerprint density at radius 3 is 2.83 bits per heavy atom. The molecule has 0 saturated carbocycles. The topological polar surface area (TPSA) is 46.3 Å². The number of carbonyl (C=O) groups excluding carboxylic acids is 1. The zero-order valence-electron chi connectivity index (χ0n) is 12.9. The number of likely N-dealkylation sites (N-methyl/N-ethyl adjacent to an activating group) is 1. The number of hydrogen-bond donors (Lipinski definition) is 1. The van der Waals surface area contributed by atoms with Crippen molar-refractivity contribution < 1.29 is 13.6 Å². The molecule has 1 amide bonds. The summed E-state index contributed by atoms with van der Waals surface area (Å²) in [7, 11) is 1.67. The second-order valence-electron chi connectivity index (χ2n) is 5.66. The third-order valence-corrected chi connectivity index (χ3v) is 4.48. The standard InChI is InChI=1S/C17H17BrF2N2O/c1-11-4-6-13(16(23)22(11)2)17(21,8-3-9-18)14-10-12(19)5-7-15(14)20/h5-7,10-11H,4,8,21H2,1-2H3. The van der Waals surface area contributed by atoms with Gasteiger partial charge in [0.1, 0.15) is 11.6 Å². The highest BCUT2D eigenvalue weighted by Crippen LogP contribution is 2.36. The summed E-state index contributed by atoms with van der Waals surface area (Å²) < 4.78 is 27.9. The molecule has 1 aromatic carbocycles. The summed E-state index contributed by atoms with van der Waals surface area (Å²) >= 11 is 2.97. The summed E-state index contributed by atoms with van der Waals surface area (Å²) in [4.78, 5) is 16.7.